The first-order valence-corrected chi connectivity index (χ1v) is 8.73. The van der Waals surface area contributed by atoms with E-state index in [-0.39, 0.29) is 17.5 Å². The highest BCUT2D eigenvalue weighted by Crippen LogP contribution is 2.61. The van der Waals surface area contributed by atoms with E-state index in [1.54, 1.807) is 7.11 Å². The Balaban J connectivity index is 1.56. The van der Waals surface area contributed by atoms with Crippen molar-refractivity contribution in [3.8, 4) is 11.5 Å². The zero-order valence-electron chi connectivity index (χ0n) is 14.3. The molecule has 0 heterocycles. The van der Waals surface area contributed by atoms with Crippen molar-refractivity contribution in [2.75, 3.05) is 20.0 Å². The zero-order valence-corrected chi connectivity index (χ0v) is 14.3. The summed E-state index contributed by atoms with van der Waals surface area (Å²) in [6.07, 6.45) is 5.27. The van der Waals surface area contributed by atoms with E-state index in [1.807, 2.05) is 18.2 Å². The fraction of sp³-hybridized carbons (Fsp3) is 0.632. The second kappa shape index (κ2) is 5.57. The summed E-state index contributed by atoms with van der Waals surface area (Å²) >= 11 is 0. The van der Waals surface area contributed by atoms with Crippen molar-refractivity contribution in [3.63, 3.8) is 0 Å². The standard InChI is InChI=1S/C19H25NO4/c1-22-16-7-14(3-4-15(16)20)24-17-12-5-11-6-13(17)10-19(8-11,9-12)18(21)23-2/h3-4,7,11-13,17H,5-6,8-10,20H2,1-2H3. The summed E-state index contributed by atoms with van der Waals surface area (Å²) in [5, 5.41) is 0. The van der Waals surface area contributed by atoms with Crippen molar-refractivity contribution in [1.29, 1.82) is 0 Å². The van der Waals surface area contributed by atoms with E-state index in [0.717, 1.165) is 37.9 Å². The molecule has 0 saturated heterocycles. The van der Waals surface area contributed by atoms with Gasteiger partial charge in [0, 0.05) is 6.07 Å². The Labute approximate surface area is 142 Å². The molecule has 5 rings (SSSR count). The summed E-state index contributed by atoms with van der Waals surface area (Å²) in [5.41, 5.74) is 6.23. The number of nitrogens with two attached hydrogens (primary N) is 1. The molecule has 130 valence electrons. The van der Waals surface area contributed by atoms with E-state index in [0.29, 0.717) is 29.2 Å². The van der Waals surface area contributed by atoms with E-state index >= 15 is 0 Å². The quantitative estimate of drug-likeness (QED) is 0.678. The third-order valence-electron chi connectivity index (χ3n) is 6.28. The second-order valence-electron chi connectivity index (χ2n) is 7.73. The van der Waals surface area contributed by atoms with Crippen molar-refractivity contribution in [3.05, 3.63) is 18.2 Å². The smallest absolute Gasteiger partial charge is 0.311 e. The van der Waals surface area contributed by atoms with Crippen LogP contribution >= 0.6 is 0 Å². The lowest BCUT2D eigenvalue weighted by molar-refractivity contribution is -0.179. The summed E-state index contributed by atoms with van der Waals surface area (Å²) in [5.74, 6) is 2.92. The lowest BCUT2D eigenvalue weighted by Crippen LogP contribution is -2.58. The van der Waals surface area contributed by atoms with Gasteiger partial charge in [0.05, 0.1) is 25.3 Å². The molecule has 0 aliphatic heterocycles. The molecule has 4 bridgehead atoms. The molecule has 4 saturated carbocycles. The molecule has 4 fully saturated rings. The van der Waals surface area contributed by atoms with Crippen molar-refractivity contribution in [2.45, 2.75) is 38.2 Å². The molecule has 4 aliphatic carbocycles. The number of anilines is 1. The normalized spacial score (nSPS) is 36.4. The molecule has 5 nitrogen and oxygen atoms in total. The van der Waals surface area contributed by atoms with Crippen molar-refractivity contribution in [1.82, 2.24) is 0 Å². The molecule has 2 N–H and O–H groups in total. The van der Waals surface area contributed by atoms with Gasteiger partial charge in [-0.3, -0.25) is 4.79 Å². The summed E-state index contributed by atoms with van der Waals surface area (Å²) < 4.78 is 16.8. The summed E-state index contributed by atoms with van der Waals surface area (Å²) in [4.78, 5) is 12.4. The lowest BCUT2D eigenvalue weighted by Gasteiger charge is -2.58. The Morgan fingerprint density at radius 3 is 2.50 bits per heavy atom. The van der Waals surface area contributed by atoms with Gasteiger partial charge in [-0.1, -0.05) is 0 Å². The van der Waals surface area contributed by atoms with E-state index in [2.05, 4.69) is 0 Å². The SMILES string of the molecule is COC(=O)C12CC3CC(C1)C(Oc1ccc(N)c(OC)c1)C(C3)C2. The molecule has 24 heavy (non-hydrogen) atoms. The minimum absolute atomic E-state index is 0.0190. The van der Waals surface area contributed by atoms with Gasteiger partial charge in [-0.2, -0.15) is 0 Å². The number of methoxy groups -OCH3 is 2. The van der Waals surface area contributed by atoms with Crippen LogP contribution in [0.1, 0.15) is 32.1 Å². The monoisotopic (exact) mass is 331 g/mol. The van der Waals surface area contributed by atoms with Gasteiger partial charge in [0.25, 0.3) is 0 Å². The molecule has 5 heteroatoms. The first-order valence-electron chi connectivity index (χ1n) is 8.73. The summed E-state index contributed by atoms with van der Waals surface area (Å²) in [6, 6.07) is 5.58. The number of carbonyl (C=O) groups is 1. The molecule has 1 aromatic carbocycles. The highest BCUT2D eigenvalue weighted by atomic mass is 16.5. The molecule has 0 radical (unpaired) electrons. The molecular weight excluding hydrogens is 306 g/mol. The average Bonchev–Trinajstić information content (AvgIpc) is 2.58. The summed E-state index contributed by atoms with van der Waals surface area (Å²) in [6.45, 7) is 0. The van der Waals surface area contributed by atoms with Crippen LogP contribution in [0.5, 0.6) is 11.5 Å². The number of nitrogen functional groups attached to an aromatic ring is 1. The van der Waals surface area contributed by atoms with E-state index in [4.69, 9.17) is 19.9 Å². The Bertz CT molecular complexity index is 643. The van der Waals surface area contributed by atoms with Crippen molar-refractivity contribution < 1.29 is 19.0 Å². The molecule has 2 unspecified atom stereocenters. The number of hydrogen-bond donors (Lipinski definition) is 1. The van der Waals surface area contributed by atoms with Crippen molar-refractivity contribution >= 4 is 11.7 Å². The average molecular weight is 331 g/mol. The van der Waals surface area contributed by atoms with Crippen LogP contribution in [-0.2, 0) is 9.53 Å². The third-order valence-corrected chi connectivity index (χ3v) is 6.28. The van der Waals surface area contributed by atoms with E-state index < -0.39 is 0 Å². The molecule has 1 aromatic rings. The minimum Gasteiger partial charge on any atom is -0.494 e. The van der Waals surface area contributed by atoms with Gasteiger partial charge in [0.15, 0.2) is 0 Å². The maximum atomic E-state index is 12.4. The highest BCUT2D eigenvalue weighted by molar-refractivity contribution is 5.77. The van der Waals surface area contributed by atoms with Crippen LogP contribution < -0.4 is 15.2 Å². The van der Waals surface area contributed by atoms with Gasteiger partial charge in [0.1, 0.15) is 17.6 Å². The molecule has 0 spiro atoms. The second-order valence-corrected chi connectivity index (χ2v) is 7.73. The first kappa shape index (κ1) is 15.6. The van der Waals surface area contributed by atoms with Gasteiger partial charge in [-0.15, -0.1) is 0 Å². The first-order chi connectivity index (χ1) is 11.5. The van der Waals surface area contributed by atoms with Gasteiger partial charge in [-0.05, 0) is 62.0 Å². The molecule has 0 aromatic heterocycles. The fourth-order valence-electron chi connectivity index (χ4n) is 5.56. The molecular formula is C19H25NO4. The van der Waals surface area contributed by atoms with E-state index in [1.165, 1.54) is 7.11 Å². The Morgan fingerprint density at radius 2 is 1.88 bits per heavy atom. The van der Waals surface area contributed by atoms with Crippen LogP contribution in [0.2, 0.25) is 0 Å². The fourth-order valence-corrected chi connectivity index (χ4v) is 5.56. The number of benzene rings is 1. The number of hydrogen-bond acceptors (Lipinski definition) is 5. The van der Waals surface area contributed by atoms with Crippen LogP contribution in [0.15, 0.2) is 18.2 Å². The van der Waals surface area contributed by atoms with Crippen LogP contribution in [0, 0.1) is 23.2 Å². The predicted octanol–water partition coefficient (Wildman–Crippen LogP) is 3.02. The Kier molecular flexibility index (Phi) is 3.62. The lowest BCUT2D eigenvalue weighted by atomic mass is 9.48. The highest BCUT2D eigenvalue weighted by Gasteiger charge is 2.59. The number of ether oxygens (including phenoxy) is 3. The van der Waals surface area contributed by atoms with E-state index in [9.17, 15) is 4.79 Å². The van der Waals surface area contributed by atoms with Crippen LogP contribution in [0.3, 0.4) is 0 Å². The largest absolute Gasteiger partial charge is 0.494 e. The third kappa shape index (κ3) is 2.33. The van der Waals surface area contributed by atoms with Crippen LogP contribution in [0.4, 0.5) is 5.69 Å². The van der Waals surface area contributed by atoms with Gasteiger partial charge in [0.2, 0.25) is 0 Å². The maximum Gasteiger partial charge on any atom is 0.311 e. The summed E-state index contributed by atoms with van der Waals surface area (Å²) in [7, 11) is 3.12. The van der Waals surface area contributed by atoms with Crippen molar-refractivity contribution in [2.24, 2.45) is 23.2 Å². The predicted molar refractivity (Wildman–Crippen MR) is 89.8 cm³/mol. The molecule has 4 aliphatic rings. The maximum absolute atomic E-state index is 12.4. The van der Waals surface area contributed by atoms with Gasteiger partial charge >= 0.3 is 5.97 Å². The van der Waals surface area contributed by atoms with Crippen LogP contribution in [-0.4, -0.2) is 26.3 Å². The topological polar surface area (TPSA) is 70.8 Å². The van der Waals surface area contributed by atoms with Gasteiger partial charge < -0.3 is 19.9 Å². The number of carbonyl (C=O) groups excluding carboxylic acids is 1. The minimum atomic E-state index is -0.260. The van der Waals surface area contributed by atoms with Crippen LogP contribution in [0.25, 0.3) is 0 Å². The Morgan fingerprint density at radius 1 is 1.17 bits per heavy atom. The van der Waals surface area contributed by atoms with Gasteiger partial charge in [-0.25, -0.2) is 0 Å². The Hall–Kier alpha value is -1.91. The number of rotatable bonds is 4. The number of esters is 1. The molecule has 0 amide bonds. The molecule has 2 atom stereocenters. The zero-order chi connectivity index (χ0) is 16.9.